The van der Waals surface area contributed by atoms with E-state index in [9.17, 15) is 9.59 Å². The number of rotatable bonds is 10. The Morgan fingerprint density at radius 2 is 1.95 bits per heavy atom. The summed E-state index contributed by atoms with van der Waals surface area (Å²) in [6, 6.07) is 9.80. The summed E-state index contributed by atoms with van der Waals surface area (Å²) in [5, 5.41) is 11.3. The summed E-state index contributed by atoms with van der Waals surface area (Å²) in [6.07, 6.45) is 0. The van der Waals surface area contributed by atoms with E-state index in [2.05, 4.69) is 5.32 Å². The number of nitrogens with one attached hydrogen (secondary N) is 1. The maximum atomic E-state index is 12.1. The Morgan fingerprint density at radius 1 is 1.27 bits per heavy atom. The number of aliphatic carboxylic acids is 1. The molecule has 1 amide bonds. The van der Waals surface area contributed by atoms with Crippen molar-refractivity contribution >= 4 is 23.6 Å². The smallest absolute Gasteiger partial charge is 0.313 e. The number of benzene rings is 1. The van der Waals surface area contributed by atoms with Crippen LogP contribution in [0.4, 0.5) is 0 Å². The predicted octanol–water partition coefficient (Wildman–Crippen LogP) is 2.16. The first kappa shape index (κ1) is 18.5. The summed E-state index contributed by atoms with van der Waals surface area (Å²) >= 11 is 1.28. The molecule has 0 unspecified atom stereocenters. The fourth-order valence-electron chi connectivity index (χ4n) is 1.70. The first-order valence-corrected chi connectivity index (χ1v) is 8.27. The van der Waals surface area contributed by atoms with Gasteiger partial charge in [0, 0.05) is 12.3 Å². The van der Waals surface area contributed by atoms with Crippen molar-refractivity contribution < 1.29 is 19.4 Å². The third-order valence-corrected chi connectivity index (χ3v) is 3.89. The molecule has 0 saturated heterocycles. The lowest BCUT2D eigenvalue weighted by molar-refractivity contribution is -0.134. The standard InChI is InChI=1S/C16H23NO4S/c1-16(2,12-21-10-13-6-4-3-5-7-13)15(20)17-8-9-22-11-14(18)19/h3-7H,8-12H2,1-2H3,(H,17,20)(H,18,19). The van der Waals surface area contributed by atoms with E-state index in [1.807, 2.05) is 44.2 Å². The lowest BCUT2D eigenvalue weighted by atomic mass is 9.93. The first-order chi connectivity index (χ1) is 10.4. The zero-order valence-corrected chi connectivity index (χ0v) is 13.8. The Kier molecular flexibility index (Phi) is 7.98. The van der Waals surface area contributed by atoms with Gasteiger partial charge in [0.05, 0.1) is 24.4 Å². The van der Waals surface area contributed by atoms with E-state index in [1.54, 1.807) is 0 Å². The topological polar surface area (TPSA) is 75.6 Å². The molecular weight excluding hydrogens is 302 g/mol. The molecule has 1 rings (SSSR count). The van der Waals surface area contributed by atoms with Gasteiger partial charge >= 0.3 is 5.97 Å². The van der Waals surface area contributed by atoms with E-state index in [0.717, 1.165) is 5.56 Å². The van der Waals surface area contributed by atoms with Gasteiger partial charge in [0.1, 0.15) is 0 Å². The van der Waals surface area contributed by atoms with E-state index < -0.39 is 11.4 Å². The number of carbonyl (C=O) groups is 2. The van der Waals surface area contributed by atoms with E-state index in [-0.39, 0.29) is 11.7 Å². The van der Waals surface area contributed by atoms with Crippen molar-refractivity contribution in [1.82, 2.24) is 5.32 Å². The minimum atomic E-state index is -0.842. The Hall–Kier alpha value is -1.53. The molecule has 0 fully saturated rings. The highest BCUT2D eigenvalue weighted by molar-refractivity contribution is 7.99. The zero-order chi connectivity index (χ0) is 16.4. The fraction of sp³-hybridized carbons (Fsp3) is 0.500. The second-order valence-electron chi connectivity index (χ2n) is 5.56. The van der Waals surface area contributed by atoms with Crippen molar-refractivity contribution in [3.8, 4) is 0 Å². The number of carbonyl (C=O) groups excluding carboxylic acids is 1. The van der Waals surface area contributed by atoms with Gasteiger partial charge in [-0.3, -0.25) is 9.59 Å². The minimum absolute atomic E-state index is 0.0550. The van der Waals surface area contributed by atoms with Crippen molar-refractivity contribution in [1.29, 1.82) is 0 Å². The molecule has 0 bridgehead atoms. The number of amides is 1. The third-order valence-electron chi connectivity index (χ3n) is 2.95. The first-order valence-electron chi connectivity index (χ1n) is 7.11. The van der Waals surface area contributed by atoms with Gasteiger partial charge in [-0.15, -0.1) is 11.8 Å². The second-order valence-corrected chi connectivity index (χ2v) is 6.67. The van der Waals surface area contributed by atoms with Crippen LogP contribution in [-0.2, 0) is 20.9 Å². The van der Waals surface area contributed by atoms with Gasteiger partial charge in [0.15, 0.2) is 0 Å². The predicted molar refractivity (Wildman–Crippen MR) is 87.8 cm³/mol. The summed E-state index contributed by atoms with van der Waals surface area (Å²) in [7, 11) is 0. The Morgan fingerprint density at radius 3 is 2.59 bits per heavy atom. The summed E-state index contributed by atoms with van der Waals surface area (Å²) < 4.78 is 5.62. The quantitative estimate of drug-likeness (QED) is 0.645. The van der Waals surface area contributed by atoms with Crippen LogP contribution >= 0.6 is 11.8 Å². The molecule has 0 aliphatic carbocycles. The molecule has 2 N–H and O–H groups in total. The average molecular weight is 325 g/mol. The van der Waals surface area contributed by atoms with Crippen LogP contribution in [0.3, 0.4) is 0 Å². The van der Waals surface area contributed by atoms with Crippen LogP contribution < -0.4 is 5.32 Å². The van der Waals surface area contributed by atoms with E-state index >= 15 is 0 Å². The summed E-state index contributed by atoms with van der Waals surface area (Å²) in [6.45, 7) is 4.93. The number of ether oxygens (including phenoxy) is 1. The van der Waals surface area contributed by atoms with Gasteiger partial charge in [-0.2, -0.15) is 0 Å². The molecular formula is C16H23NO4S. The molecule has 0 aromatic heterocycles. The van der Waals surface area contributed by atoms with Gasteiger partial charge in [-0.25, -0.2) is 0 Å². The lowest BCUT2D eigenvalue weighted by Gasteiger charge is -2.23. The Labute approximate surface area is 135 Å². The third kappa shape index (κ3) is 7.47. The molecule has 5 nitrogen and oxygen atoms in total. The Balaban J connectivity index is 2.23. The van der Waals surface area contributed by atoms with Gasteiger partial charge in [0.2, 0.25) is 5.91 Å². The number of carboxylic acid groups (broad SMARTS) is 1. The summed E-state index contributed by atoms with van der Waals surface area (Å²) in [5.74, 6) is -0.291. The van der Waals surface area contributed by atoms with Gasteiger partial charge in [-0.1, -0.05) is 30.3 Å². The molecule has 0 radical (unpaired) electrons. The van der Waals surface area contributed by atoms with Gasteiger partial charge in [0.25, 0.3) is 0 Å². The molecule has 0 heterocycles. The maximum Gasteiger partial charge on any atom is 0.313 e. The molecule has 6 heteroatoms. The van der Waals surface area contributed by atoms with Crippen LogP contribution in [-0.4, -0.2) is 41.6 Å². The highest BCUT2D eigenvalue weighted by Crippen LogP contribution is 2.16. The van der Waals surface area contributed by atoms with Gasteiger partial charge < -0.3 is 15.2 Å². The highest BCUT2D eigenvalue weighted by Gasteiger charge is 2.27. The molecule has 1 aromatic carbocycles. The molecule has 1 aromatic rings. The highest BCUT2D eigenvalue weighted by atomic mass is 32.2. The van der Waals surface area contributed by atoms with Crippen molar-refractivity contribution in [3.63, 3.8) is 0 Å². The van der Waals surface area contributed by atoms with Crippen LogP contribution in [0.15, 0.2) is 30.3 Å². The average Bonchev–Trinajstić information content (AvgIpc) is 2.47. The zero-order valence-electron chi connectivity index (χ0n) is 13.0. The van der Waals surface area contributed by atoms with Crippen molar-refractivity contribution in [2.24, 2.45) is 5.41 Å². The molecule has 0 aliphatic rings. The van der Waals surface area contributed by atoms with Crippen LogP contribution in [0.1, 0.15) is 19.4 Å². The SMILES string of the molecule is CC(C)(COCc1ccccc1)C(=O)NCCSCC(=O)O. The fourth-order valence-corrected chi connectivity index (χ4v) is 2.26. The number of carboxylic acids is 1. The van der Waals surface area contributed by atoms with Crippen LogP contribution in [0, 0.1) is 5.41 Å². The Bertz CT molecular complexity index is 476. The lowest BCUT2D eigenvalue weighted by Crippen LogP contribution is -2.40. The van der Waals surface area contributed by atoms with Crippen molar-refractivity contribution in [3.05, 3.63) is 35.9 Å². The van der Waals surface area contributed by atoms with Crippen LogP contribution in [0.2, 0.25) is 0 Å². The van der Waals surface area contributed by atoms with Crippen molar-refractivity contribution in [2.45, 2.75) is 20.5 Å². The molecule has 0 saturated carbocycles. The van der Waals surface area contributed by atoms with E-state index in [4.69, 9.17) is 9.84 Å². The number of hydrogen-bond acceptors (Lipinski definition) is 4. The molecule has 0 spiro atoms. The maximum absolute atomic E-state index is 12.1. The van der Waals surface area contributed by atoms with E-state index in [0.29, 0.717) is 25.5 Å². The number of hydrogen-bond donors (Lipinski definition) is 2. The number of thioether (sulfide) groups is 1. The molecule has 0 atom stereocenters. The van der Waals surface area contributed by atoms with Crippen molar-refractivity contribution in [2.75, 3.05) is 24.7 Å². The van der Waals surface area contributed by atoms with Crippen LogP contribution in [0.25, 0.3) is 0 Å². The van der Waals surface area contributed by atoms with E-state index in [1.165, 1.54) is 11.8 Å². The molecule has 0 aliphatic heterocycles. The largest absolute Gasteiger partial charge is 0.481 e. The minimum Gasteiger partial charge on any atom is -0.481 e. The second kappa shape index (κ2) is 9.48. The normalized spacial score (nSPS) is 11.2. The monoisotopic (exact) mass is 325 g/mol. The molecule has 122 valence electrons. The molecule has 22 heavy (non-hydrogen) atoms. The van der Waals surface area contributed by atoms with Gasteiger partial charge in [-0.05, 0) is 19.4 Å². The summed E-state index contributed by atoms with van der Waals surface area (Å²) in [4.78, 5) is 22.5. The van der Waals surface area contributed by atoms with Crippen LogP contribution in [0.5, 0.6) is 0 Å². The summed E-state index contributed by atoms with van der Waals surface area (Å²) in [5.41, 5.74) is 0.454.